The van der Waals surface area contributed by atoms with Gasteiger partial charge in [-0.05, 0) is 74.2 Å². The number of carbonyl (C=O) groups excluding carboxylic acids is 1. The molecule has 1 fully saturated rings. The lowest BCUT2D eigenvalue weighted by Crippen LogP contribution is -2.43. The fraction of sp³-hybridized carbons (Fsp3) is 0.419. The summed E-state index contributed by atoms with van der Waals surface area (Å²) in [5.74, 6) is -0.0457. The number of aryl methyl sites for hydroxylation is 1. The first-order valence-corrected chi connectivity index (χ1v) is 13.4. The van der Waals surface area contributed by atoms with Crippen molar-refractivity contribution < 1.29 is 41.7 Å². The molecule has 0 unspecified atom stereocenters. The van der Waals surface area contributed by atoms with Crippen LogP contribution in [-0.4, -0.2) is 41.9 Å². The minimum absolute atomic E-state index is 0.0659. The van der Waals surface area contributed by atoms with Crippen molar-refractivity contribution in [3.8, 4) is 28.5 Å². The van der Waals surface area contributed by atoms with E-state index in [9.17, 15) is 27.5 Å². The molecule has 0 spiro atoms. The number of aromatic nitrogens is 1. The van der Waals surface area contributed by atoms with Crippen LogP contribution in [-0.2, 0) is 11.0 Å². The van der Waals surface area contributed by atoms with Crippen molar-refractivity contribution in [3.05, 3.63) is 70.7 Å². The van der Waals surface area contributed by atoms with Gasteiger partial charge in [-0.15, -0.1) is 0 Å². The van der Waals surface area contributed by atoms with Crippen molar-refractivity contribution in [1.29, 1.82) is 0 Å². The zero-order chi connectivity index (χ0) is 29.7. The Morgan fingerprint density at radius 3 is 2.49 bits per heavy atom. The molecule has 1 N–H and O–H groups in total. The predicted molar refractivity (Wildman–Crippen MR) is 143 cm³/mol. The van der Waals surface area contributed by atoms with Crippen LogP contribution in [0.2, 0.25) is 0 Å². The molecule has 218 valence electrons. The third kappa shape index (κ3) is 5.49. The molecule has 10 heteroatoms. The van der Waals surface area contributed by atoms with E-state index in [1.165, 1.54) is 50.4 Å². The third-order valence-electron chi connectivity index (χ3n) is 7.62. The van der Waals surface area contributed by atoms with Crippen LogP contribution in [0.3, 0.4) is 0 Å². The maximum atomic E-state index is 14.6. The maximum Gasteiger partial charge on any atom is 0.422 e. The van der Waals surface area contributed by atoms with Crippen LogP contribution in [0.25, 0.3) is 11.3 Å². The summed E-state index contributed by atoms with van der Waals surface area (Å²) in [5.41, 5.74) is -3.52. The van der Waals surface area contributed by atoms with Gasteiger partial charge in [-0.25, -0.2) is 9.37 Å². The molecule has 1 aliphatic heterocycles. The Labute approximate surface area is 235 Å². The van der Waals surface area contributed by atoms with Crippen LogP contribution in [0.15, 0.2) is 42.5 Å². The highest BCUT2D eigenvalue weighted by Crippen LogP contribution is 2.49. The third-order valence-corrected chi connectivity index (χ3v) is 7.62. The Morgan fingerprint density at radius 2 is 1.85 bits per heavy atom. The van der Waals surface area contributed by atoms with Crippen molar-refractivity contribution >= 4 is 5.78 Å². The Balaban J connectivity index is 1.51. The van der Waals surface area contributed by atoms with Gasteiger partial charge in [0.15, 0.2) is 17.3 Å². The number of nitrogens with zero attached hydrogens (tertiary/aromatic N) is 1. The lowest BCUT2D eigenvalue weighted by molar-refractivity contribution is -0.270. The van der Waals surface area contributed by atoms with Gasteiger partial charge in [0.05, 0.1) is 25.5 Å². The smallest absolute Gasteiger partial charge is 0.422 e. The SMILES string of the molecule is COc1cc(C(=O)CC[C@@](O)(c2cc3c(c(-c4ccc(F)c(C)c4)n2)OCC3(C)C)C(F)(F)F)ccc1OC1CC1. The lowest BCUT2D eigenvalue weighted by atomic mass is 9.83. The van der Waals surface area contributed by atoms with Crippen LogP contribution in [0.4, 0.5) is 17.6 Å². The van der Waals surface area contributed by atoms with Gasteiger partial charge in [-0.1, -0.05) is 13.8 Å². The maximum absolute atomic E-state index is 14.6. The van der Waals surface area contributed by atoms with E-state index in [1.807, 2.05) is 13.8 Å². The summed E-state index contributed by atoms with van der Waals surface area (Å²) in [6.07, 6.45) is -4.82. The van der Waals surface area contributed by atoms with Crippen LogP contribution in [0.5, 0.6) is 17.2 Å². The van der Waals surface area contributed by atoms with Gasteiger partial charge < -0.3 is 19.3 Å². The van der Waals surface area contributed by atoms with E-state index in [-0.39, 0.29) is 35.3 Å². The fourth-order valence-electron chi connectivity index (χ4n) is 4.87. The largest absolute Gasteiger partial charge is 0.493 e. The van der Waals surface area contributed by atoms with E-state index in [2.05, 4.69) is 4.98 Å². The molecule has 2 heterocycles. The molecule has 6 nitrogen and oxygen atoms in total. The highest BCUT2D eigenvalue weighted by molar-refractivity contribution is 5.96. The average molecular weight is 574 g/mol. The molecule has 0 saturated heterocycles. The first-order chi connectivity index (χ1) is 19.2. The number of pyridine rings is 1. The van der Waals surface area contributed by atoms with E-state index in [1.54, 1.807) is 6.07 Å². The zero-order valence-corrected chi connectivity index (χ0v) is 23.2. The van der Waals surface area contributed by atoms with Crippen molar-refractivity contribution in [3.63, 3.8) is 0 Å². The molecule has 1 aromatic heterocycles. The van der Waals surface area contributed by atoms with Crippen LogP contribution >= 0.6 is 0 Å². The number of aliphatic hydroxyl groups is 1. The monoisotopic (exact) mass is 573 g/mol. The number of ether oxygens (including phenoxy) is 3. The standard InChI is InChI=1S/C31H31F4NO5/c1-17-13-19(5-9-22(17)32)27-28-21(29(2,3)16-40-28)15-26(36-27)30(38,31(33,34)35)12-11-23(37)18-6-10-24(25(14-18)39-4)41-20-7-8-20/h5-6,9-10,13-15,20,38H,7-8,11-12,16H2,1-4H3/t30-/m1/s1. The van der Waals surface area contributed by atoms with E-state index in [0.717, 1.165) is 12.8 Å². The summed E-state index contributed by atoms with van der Waals surface area (Å²) in [5, 5.41) is 11.3. The summed E-state index contributed by atoms with van der Waals surface area (Å²) in [7, 11) is 1.41. The number of benzene rings is 2. The van der Waals surface area contributed by atoms with E-state index in [4.69, 9.17) is 14.2 Å². The first-order valence-electron chi connectivity index (χ1n) is 13.4. The quantitative estimate of drug-likeness (QED) is 0.223. The summed E-state index contributed by atoms with van der Waals surface area (Å²) in [6.45, 7) is 5.34. The molecule has 5 rings (SSSR count). The Bertz CT molecular complexity index is 1500. The zero-order valence-electron chi connectivity index (χ0n) is 23.2. The fourth-order valence-corrected chi connectivity index (χ4v) is 4.87. The van der Waals surface area contributed by atoms with E-state index < -0.39 is 47.3 Å². The van der Waals surface area contributed by atoms with Crippen LogP contribution in [0.1, 0.15) is 66.7 Å². The van der Waals surface area contributed by atoms with Crippen LogP contribution < -0.4 is 14.2 Å². The molecular weight excluding hydrogens is 542 g/mol. The first kappa shape index (κ1) is 28.9. The van der Waals surface area contributed by atoms with Crippen molar-refractivity contribution in [2.24, 2.45) is 0 Å². The minimum atomic E-state index is -5.16. The molecular formula is C31H31F4NO5. The number of methoxy groups -OCH3 is 1. The molecule has 3 aromatic rings. The summed E-state index contributed by atoms with van der Waals surface area (Å²) in [4.78, 5) is 17.3. The number of carbonyl (C=O) groups is 1. The molecule has 0 bridgehead atoms. The van der Waals surface area contributed by atoms with Gasteiger partial charge in [-0.2, -0.15) is 13.2 Å². The van der Waals surface area contributed by atoms with E-state index >= 15 is 0 Å². The Kier molecular flexibility index (Phi) is 7.26. The highest BCUT2D eigenvalue weighted by Gasteiger charge is 2.56. The summed E-state index contributed by atoms with van der Waals surface area (Å²) >= 11 is 0. The van der Waals surface area contributed by atoms with Crippen molar-refractivity contribution in [2.45, 2.75) is 69.8 Å². The number of fused-ring (bicyclic) bond motifs is 1. The summed E-state index contributed by atoms with van der Waals surface area (Å²) < 4.78 is 74.8. The molecule has 2 aromatic carbocycles. The molecule has 1 saturated carbocycles. The van der Waals surface area contributed by atoms with Crippen LogP contribution in [0, 0.1) is 12.7 Å². The Morgan fingerprint density at radius 1 is 1.12 bits per heavy atom. The van der Waals surface area contributed by atoms with Crippen molar-refractivity contribution in [1.82, 2.24) is 4.98 Å². The Hall–Kier alpha value is -3.66. The average Bonchev–Trinajstić information content (AvgIpc) is 3.69. The van der Waals surface area contributed by atoms with E-state index in [0.29, 0.717) is 22.6 Å². The highest BCUT2D eigenvalue weighted by atomic mass is 19.4. The second-order valence-corrected chi connectivity index (χ2v) is 11.3. The summed E-state index contributed by atoms with van der Waals surface area (Å²) in [6, 6.07) is 9.73. The number of hydrogen-bond donors (Lipinski definition) is 1. The van der Waals surface area contributed by atoms with Gasteiger partial charge in [0.2, 0.25) is 5.60 Å². The second kappa shape index (κ2) is 10.3. The number of halogens is 4. The number of ketones is 1. The lowest BCUT2D eigenvalue weighted by Gasteiger charge is -2.31. The molecule has 0 amide bonds. The number of Topliss-reactive ketones (excluding diaryl/α,β-unsaturated/α-hetero) is 1. The molecule has 0 radical (unpaired) electrons. The van der Waals surface area contributed by atoms with Crippen molar-refractivity contribution in [2.75, 3.05) is 13.7 Å². The molecule has 41 heavy (non-hydrogen) atoms. The predicted octanol–water partition coefficient (Wildman–Crippen LogP) is 6.83. The molecule has 2 aliphatic rings. The number of alkyl halides is 3. The van der Waals surface area contributed by atoms with Gasteiger partial charge in [0.25, 0.3) is 0 Å². The number of rotatable bonds is 9. The molecule has 1 aliphatic carbocycles. The van der Waals surface area contributed by atoms with Gasteiger partial charge in [-0.3, -0.25) is 4.79 Å². The number of hydrogen-bond acceptors (Lipinski definition) is 6. The van der Waals surface area contributed by atoms with Gasteiger partial charge >= 0.3 is 6.18 Å². The van der Waals surface area contributed by atoms with Gasteiger partial charge in [0.1, 0.15) is 17.3 Å². The minimum Gasteiger partial charge on any atom is -0.493 e. The second-order valence-electron chi connectivity index (χ2n) is 11.3. The topological polar surface area (TPSA) is 77.9 Å². The van der Waals surface area contributed by atoms with Gasteiger partial charge in [0, 0.05) is 28.5 Å². The molecule has 1 atom stereocenters. The normalized spacial score (nSPS) is 17.4.